The molecule has 0 aliphatic rings. The number of rotatable bonds is 3. The van der Waals surface area contributed by atoms with Crippen LogP contribution in [0.5, 0.6) is 0 Å². The highest BCUT2D eigenvalue weighted by Crippen LogP contribution is 2.14. The molecule has 1 rings (SSSR count). The van der Waals surface area contributed by atoms with Gasteiger partial charge in [-0.3, -0.25) is 9.59 Å². The van der Waals surface area contributed by atoms with Crippen LogP contribution in [-0.2, 0) is 0 Å². The molecular formula is C13H18O3. The summed E-state index contributed by atoms with van der Waals surface area (Å²) in [4.78, 5) is 23.0. The highest BCUT2D eigenvalue weighted by Gasteiger charge is 2.15. The number of hydrogen-bond donors (Lipinski definition) is 1. The first-order chi connectivity index (χ1) is 7.54. The van der Waals surface area contributed by atoms with Crippen LogP contribution in [0.15, 0.2) is 24.3 Å². The molecule has 0 spiro atoms. The van der Waals surface area contributed by atoms with Crippen molar-refractivity contribution in [1.82, 2.24) is 0 Å². The molecule has 0 bridgehead atoms. The molecule has 88 valence electrons. The minimum atomic E-state index is -0.0736. The summed E-state index contributed by atoms with van der Waals surface area (Å²) < 4.78 is 0. The highest BCUT2D eigenvalue weighted by molar-refractivity contribution is 6.08. The lowest BCUT2D eigenvalue weighted by atomic mass is 9.95. The van der Waals surface area contributed by atoms with Crippen molar-refractivity contribution >= 4 is 11.6 Å². The van der Waals surface area contributed by atoms with Gasteiger partial charge in [-0.25, -0.2) is 0 Å². The fourth-order valence-corrected chi connectivity index (χ4v) is 1.32. The van der Waals surface area contributed by atoms with Crippen molar-refractivity contribution in [3.63, 3.8) is 0 Å². The van der Waals surface area contributed by atoms with E-state index in [0.717, 1.165) is 7.11 Å². The summed E-state index contributed by atoms with van der Waals surface area (Å²) in [6.07, 6.45) is 0. The molecule has 0 aliphatic carbocycles. The van der Waals surface area contributed by atoms with E-state index in [2.05, 4.69) is 0 Å². The van der Waals surface area contributed by atoms with Gasteiger partial charge in [0.15, 0.2) is 11.6 Å². The van der Waals surface area contributed by atoms with Crippen molar-refractivity contribution in [2.24, 2.45) is 5.92 Å². The van der Waals surface area contributed by atoms with E-state index in [4.69, 9.17) is 5.11 Å². The highest BCUT2D eigenvalue weighted by atomic mass is 16.2. The van der Waals surface area contributed by atoms with Gasteiger partial charge in [-0.15, -0.1) is 0 Å². The van der Waals surface area contributed by atoms with Crippen LogP contribution in [0, 0.1) is 5.92 Å². The predicted octanol–water partition coefficient (Wildman–Crippen LogP) is 2.34. The van der Waals surface area contributed by atoms with Crippen LogP contribution in [0.25, 0.3) is 0 Å². The zero-order valence-electron chi connectivity index (χ0n) is 10.2. The summed E-state index contributed by atoms with van der Waals surface area (Å²) in [5.41, 5.74) is 1.06. The number of Topliss-reactive ketones (excluding diaryl/α,β-unsaturated/α-hetero) is 2. The Bertz CT molecular complexity index is 367. The number of hydrogen-bond acceptors (Lipinski definition) is 3. The van der Waals surface area contributed by atoms with E-state index >= 15 is 0 Å². The van der Waals surface area contributed by atoms with Gasteiger partial charge in [0.2, 0.25) is 0 Å². The molecule has 0 heterocycles. The van der Waals surface area contributed by atoms with E-state index < -0.39 is 0 Å². The van der Waals surface area contributed by atoms with Gasteiger partial charge in [-0.05, 0) is 6.92 Å². The van der Waals surface area contributed by atoms with Gasteiger partial charge < -0.3 is 5.11 Å². The van der Waals surface area contributed by atoms with Crippen LogP contribution in [0.2, 0.25) is 0 Å². The molecule has 0 saturated carbocycles. The molecule has 3 nitrogen and oxygen atoms in total. The van der Waals surface area contributed by atoms with Gasteiger partial charge in [0.25, 0.3) is 0 Å². The Morgan fingerprint density at radius 2 is 1.50 bits per heavy atom. The quantitative estimate of drug-likeness (QED) is 0.798. The molecule has 3 heteroatoms. The molecule has 0 amide bonds. The summed E-state index contributed by atoms with van der Waals surface area (Å²) in [5.74, 6) is -0.110. The van der Waals surface area contributed by atoms with Crippen molar-refractivity contribution in [1.29, 1.82) is 0 Å². The van der Waals surface area contributed by atoms with Crippen molar-refractivity contribution in [2.45, 2.75) is 20.8 Å². The van der Waals surface area contributed by atoms with E-state index in [0.29, 0.717) is 11.1 Å². The molecule has 0 aliphatic heterocycles. The lowest BCUT2D eigenvalue weighted by Gasteiger charge is -2.07. The third kappa shape index (κ3) is 3.59. The summed E-state index contributed by atoms with van der Waals surface area (Å²) in [5, 5.41) is 7.00. The molecule has 1 aromatic carbocycles. The van der Waals surface area contributed by atoms with E-state index in [9.17, 15) is 9.59 Å². The SMILES string of the molecule is CC(=O)c1ccccc1C(=O)C(C)C.CO. The lowest BCUT2D eigenvalue weighted by molar-refractivity contribution is 0.0927. The van der Waals surface area contributed by atoms with Gasteiger partial charge in [0, 0.05) is 24.2 Å². The van der Waals surface area contributed by atoms with Crippen molar-refractivity contribution in [3.05, 3.63) is 35.4 Å². The Morgan fingerprint density at radius 1 is 1.06 bits per heavy atom. The van der Waals surface area contributed by atoms with Gasteiger partial charge in [0.1, 0.15) is 0 Å². The number of aliphatic hydroxyl groups is 1. The monoisotopic (exact) mass is 222 g/mol. The lowest BCUT2D eigenvalue weighted by Crippen LogP contribution is -2.12. The van der Waals surface area contributed by atoms with E-state index in [1.807, 2.05) is 13.8 Å². The maximum absolute atomic E-state index is 11.7. The third-order valence-corrected chi connectivity index (χ3v) is 2.10. The van der Waals surface area contributed by atoms with Crippen LogP contribution < -0.4 is 0 Å². The average molecular weight is 222 g/mol. The van der Waals surface area contributed by atoms with Gasteiger partial charge in [-0.2, -0.15) is 0 Å². The van der Waals surface area contributed by atoms with Gasteiger partial charge >= 0.3 is 0 Å². The Balaban J connectivity index is 0.00000106. The number of aliphatic hydroxyl groups excluding tert-OH is 1. The normalized spacial score (nSPS) is 9.38. The molecular weight excluding hydrogens is 204 g/mol. The maximum atomic E-state index is 11.7. The van der Waals surface area contributed by atoms with Crippen LogP contribution in [0.1, 0.15) is 41.5 Å². The summed E-state index contributed by atoms with van der Waals surface area (Å²) >= 11 is 0. The summed E-state index contributed by atoms with van der Waals surface area (Å²) in [6, 6.07) is 6.95. The standard InChI is InChI=1S/C12H14O2.CH4O/c1-8(2)12(14)11-7-5-4-6-10(11)9(3)13;1-2/h4-8H,1-3H3;2H,1H3. The second kappa shape index (κ2) is 6.90. The predicted molar refractivity (Wildman–Crippen MR) is 63.8 cm³/mol. The van der Waals surface area contributed by atoms with Crippen molar-refractivity contribution in [2.75, 3.05) is 7.11 Å². The van der Waals surface area contributed by atoms with Crippen LogP contribution in [0.3, 0.4) is 0 Å². The van der Waals surface area contributed by atoms with Crippen molar-refractivity contribution < 1.29 is 14.7 Å². The molecule has 0 saturated heterocycles. The number of benzene rings is 1. The van der Waals surface area contributed by atoms with Crippen LogP contribution >= 0.6 is 0 Å². The molecule has 16 heavy (non-hydrogen) atoms. The second-order valence-electron chi connectivity index (χ2n) is 3.62. The molecule has 0 fully saturated rings. The molecule has 1 N–H and O–H groups in total. The first kappa shape index (κ1) is 14.5. The number of carbonyl (C=O) groups is 2. The average Bonchev–Trinajstić information content (AvgIpc) is 2.30. The Morgan fingerprint density at radius 3 is 1.88 bits per heavy atom. The molecule has 1 aromatic rings. The fourth-order valence-electron chi connectivity index (χ4n) is 1.32. The number of ketones is 2. The molecule has 0 radical (unpaired) electrons. The van der Waals surface area contributed by atoms with Crippen LogP contribution in [0.4, 0.5) is 0 Å². The zero-order chi connectivity index (χ0) is 12.7. The Kier molecular flexibility index (Phi) is 6.27. The minimum absolute atomic E-state index is 0.0239. The molecule has 0 unspecified atom stereocenters. The maximum Gasteiger partial charge on any atom is 0.166 e. The van der Waals surface area contributed by atoms with E-state index in [-0.39, 0.29) is 17.5 Å². The number of carbonyl (C=O) groups excluding carboxylic acids is 2. The molecule has 0 atom stereocenters. The smallest absolute Gasteiger partial charge is 0.166 e. The topological polar surface area (TPSA) is 54.4 Å². The van der Waals surface area contributed by atoms with E-state index in [1.54, 1.807) is 24.3 Å². The molecule has 0 aromatic heterocycles. The van der Waals surface area contributed by atoms with E-state index in [1.165, 1.54) is 6.92 Å². The summed E-state index contributed by atoms with van der Waals surface area (Å²) in [6.45, 7) is 5.14. The first-order valence-corrected chi connectivity index (χ1v) is 5.13. The fraction of sp³-hybridized carbons (Fsp3) is 0.385. The largest absolute Gasteiger partial charge is 0.400 e. The minimum Gasteiger partial charge on any atom is -0.400 e. The second-order valence-corrected chi connectivity index (χ2v) is 3.62. The van der Waals surface area contributed by atoms with Gasteiger partial charge in [0.05, 0.1) is 0 Å². The third-order valence-electron chi connectivity index (χ3n) is 2.10. The van der Waals surface area contributed by atoms with Crippen molar-refractivity contribution in [3.8, 4) is 0 Å². The Hall–Kier alpha value is -1.48. The summed E-state index contributed by atoms with van der Waals surface area (Å²) in [7, 11) is 1.00. The first-order valence-electron chi connectivity index (χ1n) is 5.13. The zero-order valence-corrected chi connectivity index (χ0v) is 10.2. The van der Waals surface area contributed by atoms with Gasteiger partial charge in [-0.1, -0.05) is 38.1 Å². The Labute approximate surface area is 96.1 Å². The van der Waals surface area contributed by atoms with Crippen LogP contribution in [-0.4, -0.2) is 23.8 Å².